The highest BCUT2D eigenvalue weighted by Gasteiger charge is 2.44. The fraction of sp³-hybridized carbons (Fsp3) is 0.652. The fourth-order valence-electron chi connectivity index (χ4n) is 4.98. The van der Waals surface area contributed by atoms with Crippen LogP contribution in [0.25, 0.3) is 0 Å². The number of nitrogens with zero attached hydrogens (tertiary/aromatic N) is 1. The Balaban J connectivity index is 1.81. The Morgan fingerprint density at radius 3 is 2.00 bits per heavy atom. The highest BCUT2D eigenvalue weighted by atomic mass is 16.6. The summed E-state index contributed by atoms with van der Waals surface area (Å²) in [5, 5.41) is 0. The smallest absolute Gasteiger partial charge is 0.410 e. The maximum atomic E-state index is 13.4. The van der Waals surface area contributed by atoms with Crippen LogP contribution < -0.4 is 0 Å². The van der Waals surface area contributed by atoms with Gasteiger partial charge in [-0.1, -0.05) is 17.7 Å². The van der Waals surface area contributed by atoms with E-state index in [0.29, 0.717) is 0 Å². The van der Waals surface area contributed by atoms with E-state index in [9.17, 15) is 9.59 Å². The molecule has 2 fully saturated rings. The van der Waals surface area contributed by atoms with Crippen molar-refractivity contribution in [2.45, 2.75) is 91.3 Å². The molecule has 148 valence electrons. The van der Waals surface area contributed by atoms with Gasteiger partial charge in [-0.15, -0.1) is 0 Å². The summed E-state index contributed by atoms with van der Waals surface area (Å²) in [6, 6.07) is 4.42. The number of carbonyl (C=O) groups is 2. The molecule has 2 unspecified atom stereocenters. The Morgan fingerprint density at radius 1 is 1.00 bits per heavy atom. The van der Waals surface area contributed by atoms with Gasteiger partial charge in [-0.2, -0.15) is 0 Å². The van der Waals surface area contributed by atoms with E-state index < -0.39 is 5.60 Å². The molecule has 0 spiro atoms. The first-order valence-corrected chi connectivity index (χ1v) is 10.2. The van der Waals surface area contributed by atoms with E-state index in [1.807, 2.05) is 39.5 Å². The second-order valence-electron chi connectivity index (χ2n) is 9.43. The number of Topliss-reactive ketones (excluding diaryl/α,β-unsaturated/α-hetero) is 1. The minimum absolute atomic E-state index is 0.000840. The summed E-state index contributed by atoms with van der Waals surface area (Å²) in [6.07, 6.45) is 4.34. The van der Waals surface area contributed by atoms with Crippen LogP contribution in [0.15, 0.2) is 12.1 Å². The summed E-state index contributed by atoms with van der Waals surface area (Å²) in [4.78, 5) is 28.0. The predicted octanol–water partition coefficient (Wildman–Crippen LogP) is 5.36. The summed E-state index contributed by atoms with van der Waals surface area (Å²) in [5.74, 6) is 0.254. The Bertz CT molecular complexity index is 709. The molecule has 1 aromatic carbocycles. The Hall–Kier alpha value is -1.84. The van der Waals surface area contributed by atoms with Crippen LogP contribution in [0, 0.1) is 26.7 Å². The summed E-state index contributed by atoms with van der Waals surface area (Å²) in [6.45, 7) is 11.8. The van der Waals surface area contributed by atoms with Crippen LogP contribution in [0.2, 0.25) is 0 Å². The van der Waals surface area contributed by atoms with Crippen molar-refractivity contribution in [3.8, 4) is 0 Å². The number of ether oxygens (including phenoxy) is 1. The number of aryl methyl sites for hydroxylation is 3. The minimum atomic E-state index is -0.492. The predicted molar refractivity (Wildman–Crippen MR) is 107 cm³/mol. The van der Waals surface area contributed by atoms with Crippen LogP contribution in [0.5, 0.6) is 0 Å². The molecule has 2 atom stereocenters. The summed E-state index contributed by atoms with van der Waals surface area (Å²) < 4.78 is 5.65. The standard InChI is InChI=1S/C23H33NO3/c1-14-10-15(2)20(16(3)11-14)21(25)17-12-18-8-7-9-19(13-17)24(18)22(26)27-23(4,5)6/h10-11,17-19H,7-9,12-13H2,1-6H3. The van der Waals surface area contributed by atoms with Crippen molar-refractivity contribution in [2.24, 2.45) is 5.92 Å². The van der Waals surface area contributed by atoms with Crippen molar-refractivity contribution in [1.29, 1.82) is 0 Å². The summed E-state index contributed by atoms with van der Waals surface area (Å²) in [7, 11) is 0. The highest BCUT2D eigenvalue weighted by molar-refractivity contribution is 6.00. The van der Waals surface area contributed by atoms with E-state index in [-0.39, 0.29) is 29.9 Å². The lowest BCUT2D eigenvalue weighted by atomic mass is 9.75. The van der Waals surface area contributed by atoms with Crippen LogP contribution in [-0.4, -0.2) is 34.5 Å². The molecule has 2 aliphatic rings. The van der Waals surface area contributed by atoms with E-state index >= 15 is 0 Å². The molecule has 0 radical (unpaired) electrons. The van der Waals surface area contributed by atoms with E-state index in [1.54, 1.807) is 0 Å². The van der Waals surface area contributed by atoms with Crippen LogP contribution in [0.4, 0.5) is 4.79 Å². The van der Waals surface area contributed by atoms with Crippen molar-refractivity contribution in [2.75, 3.05) is 0 Å². The normalized spacial score (nSPS) is 25.3. The second kappa shape index (κ2) is 7.29. The van der Waals surface area contributed by atoms with Gasteiger partial charge in [0, 0.05) is 23.6 Å². The van der Waals surface area contributed by atoms with Crippen LogP contribution in [-0.2, 0) is 4.74 Å². The number of amides is 1. The molecule has 0 saturated carbocycles. The van der Waals surface area contributed by atoms with E-state index in [2.05, 4.69) is 19.1 Å². The molecule has 1 amide bonds. The van der Waals surface area contributed by atoms with Crippen molar-refractivity contribution < 1.29 is 14.3 Å². The third kappa shape index (κ3) is 4.20. The van der Waals surface area contributed by atoms with Gasteiger partial charge in [0.05, 0.1) is 0 Å². The Kier molecular flexibility index (Phi) is 5.38. The number of fused-ring (bicyclic) bond motifs is 2. The highest BCUT2D eigenvalue weighted by Crippen LogP contribution is 2.39. The van der Waals surface area contributed by atoms with Crippen molar-refractivity contribution >= 4 is 11.9 Å². The largest absolute Gasteiger partial charge is 0.444 e. The molecular formula is C23H33NO3. The second-order valence-corrected chi connectivity index (χ2v) is 9.43. The van der Waals surface area contributed by atoms with Crippen LogP contribution in [0.3, 0.4) is 0 Å². The molecule has 4 heteroatoms. The molecule has 4 nitrogen and oxygen atoms in total. The molecule has 1 aromatic rings. The molecule has 2 heterocycles. The van der Waals surface area contributed by atoms with Gasteiger partial charge < -0.3 is 9.64 Å². The quantitative estimate of drug-likeness (QED) is 0.657. The number of hydrogen-bond acceptors (Lipinski definition) is 3. The van der Waals surface area contributed by atoms with Gasteiger partial charge in [-0.05, 0) is 84.8 Å². The molecule has 2 bridgehead atoms. The average molecular weight is 372 g/mol. The third-order valence-electron chi connectivity index (χ3n) is 5.87. The zero-order valence-electron chi connectivity index (χ0n) is 17.6. The SMILES string of the molecule is Cc1cc(C)c(C(=O)C2CC3CCCC(C2)N3C(=O)OC(C)(C)C)c(C)c1. The van der Waals surface area contributed by atoms with Gasteiger partial charge in [0.1, 0.15) is 5.60 Å². The fourth-order valence-corrected chi connectivity index (χ4v) is 4.98. The lowest BCUT2D eigenvalue weighted by Crippen LogP contribution is -2.56. The van der Waals surface area contributed by atoms with Gasteiger partial charge in [0.15, 0.2) is 5.78 Å². The maximum absolute atomic E-state index is 13.4. The lowest BCUT2D eigenvalue weighted by Gasteiger charge is -2.48. The zero-order valence-corrected chi connectivity index (χ0v) is 17.6. The van der Waals surface area contributed by atoms with Crippen molar-refractivity contribution in [3.05, 3.63) is 34.4 Å². The molecule has 3 rings (SSSR count). The number of carbonyl (C=O) groups excluding carboxylic acids is 2. The van der Waals surface area contributed by atoms with Crippen molar-refractivity contribution in [3.63, 3.8) is 0 Å². The first-order chi connectivity index (χ1) is 12.6. The minimum Gasteiger partial charge on any atom is -0.444 e. The number of ketones is 1. The van der Waals surface area contributed by atoms with Gasteiger partial charge in [-0.3, -0.25) is 4.79 Å². The summed E-state index contributed by atoms with van der Waals surface area (Å²) in [5.41, 5.74) is 3.72. The van der Waals surface area contributed by atoms with Gasteiger partial charge >= 0.3 is 6.09 Å². The average Bonchev–Trinajstić information content (AvgIpc) is 2.50. The number of piperidine rings is 2. The maximum Gasteiger partial charge on any atom is 0.410 e. The lowest BCUT2D eigenvalue weighted by molar-refractivity contribution is -0.0261. The zero-order chi connectivity index (χ0) is 19.9. The van der Waals surface area contributed by atoms with E-state index in [4.69, 9.17) is 4.74 Å². The topological polar surface area (TPSA) is 46.6 Å². The molecule has 2 saturated heterocycles. The third-order valence-corrected chi connectivity index (χ3v) is 5.87. The monoisotopic (exact) mass is 371 g/mol. The first-order valence-electron chi connectivity index (χ1n) is 10.2. The van der Waals surface area contributed by atoms with E-state index in [0.717, 1.165) is 48.8 Å². The Labute approximate surface area is 163 Å². The van der Waals surface area contributed by atoms with E-state index in [1.165, 1.54) is 5.56 Å². The van der Waals surface area contributed by atoms with Gasteiger partial charge in [-0.25, -0.2) is 4.79 Å². The molecular weight excluding hydrogens is 338 g/mol. The first kappa shape index (κ1) is 19.9. The van der Waals surface area contributed by atoms with Crippen LogP contribution in [0.1, 0.15) is 79.9 Å². The van der Waals surface area contributed by atoms with Crippen molar-refractivity contribution in [1.82, 2.24) is 4.90 Å². The van der Waals surface area contributed by atoms with Crippen LogP contribution >= 0.6 is 0 Å². The molecule has 0 aliphatic carbocycles. The Morgan fingerprint density at radius 2 is 1.52 bits per heavy atom. The number of benzene rings is 1. The molecule has 2 aliphatic heterocycles. The number of hydrogen-bond donors (Lipinski definition) is 0. The summed E-state index contributed by atoms with van der Waals surface area (Å²) >= 11 is 0. The molecule has 0 N–H and O–H groups in total. The van der Waals surface area contributed by atoms with Gasteiger partial charge in [0.2, 0.25) is 0 Å². The molecule has 0 aromatic heterocycles. The van der Waals surface area contributed by atoms with Gasteiger partial charge in [0.25, 0.3) is 0 Å². The molecule has 27 heavy (non-hydrogen) atoms. The number of rotatable bonds is 2.